The Balaban J connectivity index is 1.34. The first-order valence-electron chi connectivity index (χ1n) is 19.7. The molecule has 2 aliphatic rings. The number of aryl methyl sites for hydroxylation is 1. The molecule has 0 fully saturated rings. The average molecular weight is 669 g/mol. The molecule has 0 atom stereocenters. The van der Waals surface area contributed by atoms with Crippen molar-refractivity contribution in [1.82, 2.24) is 0 Å². The molecule has 0 amide bonds. The van der Waals surface area contributed by atoms with E-state index in [1.165, 1.54) is 115 Å². The van der Waals surface area contributed by atoms with E-state index < -0.39 is 5.60 Å². The third-order valence-electron chi connectivity index (χ3n) is 10.7. The number of benzene rings is 3. The summed E-state index contributed by atoms with van der Waals surface area (Å²) in [4.78, 5) is 14.1. The van der Waals surface area contributed by atoms with Gasteiger partial charge in [0.05, 0.1) is 5.56 Å². The number of hydrogen-bond acceptors (Lipinski definition) is 5. The summed E-state index contributed by atoms with van der Waals surface area (Å²) < 4.78 is 12.7. The predicted molar refractivity (Wildman–Crippen MR) is 199 cm³/mol. The molecule has 0 aromatic heterocycles. The van der Waals surface area contributed by atoms with Gasteiger partial charge in [-0.3, -0.25) is 0 Å². The van der Waals surface area contributed by atoms with Crippen LogP contribution in [0.1, 0.15) is 180 Å². The first-order valence-corrected chi connectivity index (χ1v) is 19.7. The van der Waals surface area contributed by atoms with Gasteiger partial charge in [-0.1, -0.05) is 142 Å². The van der Waals surface area contributed by atoms with Crippen molar-refractivity contribution in [1.29, 1.82) is 0 Å². The molecule has 0 aliphatic carbocycles. The summed E-state index contributed by atoms with van der Waals surface area (Å²) >= 11 is 0. The molecule has 0 saturated carbocycles. The van der Waals surface area contributed by atoms with Gasteiger partial charge in [-0.05, 0) is 61.1 Å². The van der Waals surface area contributed by atoms with E-state index in [1.807, 2.05) is 0 Å². The van der Waals surface area contributed by atoms with Crippen molar-refractivity contribution in [3.8, 4) is 23.0 Å². The van der Waals surface area contributed by atoms with Gasteiger partial charge in [0.2, 0.25) is 0 Å². The second kappa shape index (κ2) is 18.5. The van der Waals surface area contributed by atoms with Gasteiger partial charge in [0.15, 0.2) is 5.60 Å². The molecule has 5 heteroatoms. The third-order valence-corrected chi connectivity index (χ3v) is 10.7. The van der Waals surface area contributed by atoms with Crippen molar-refractivity contribution in [2.24, 2.45) is 0 Å². The maximum atomic E-state index is 14.1. The number of aromatic hydroxyl groups is 2. The van der Waals surface area contributed by atoms with E-state index in [1.54, 1.807) is 36.4 Å². The number of hydrogen-bond donors (Lipinski definition) is 2. The number of carbonyl (C=O) groups excluding carboxylic acids is 1. The van der Waals surface area contributed by atoms with E-state index in [-0.39, 0.29) is 17.5 Å². The van der Waals surface area contributed by atoms with Crippen molar-refractivity contribution in [3.63, 3.8) is 0 Å². The normalized spacial score (nSPS) is 14.0. The fourth-order valence-corrected chi connectivity index (χ4v) is 8.01. The Morgan fingerprint density at radius 2 is 0.959 bits per heavy atom. The SMILES string of the molecule is CCCCCCCCCCCCc1ccc2c(c1CCCCCCCCCCCC)C(=O)OC21c2ccc(O)cc2Oc2cc(O)ccc21. The monoisotopic (exact) mass is 668 g/mol. The first-order chi connectivity index (χ1) is 24.0. The van der Waals surface area contributed by atoms with Crippen molar-refractivity contribution >= 4 is 5.97 Å². The maximum absolute atomic E-state index is 14.1. The number of carbonyl (C=O) groups is 1. The standard InChI is InChI=1S/C44H60O5/c1-3-5-7-9-11-13-15-17-19-21-23-33-25-28-39-42(36(33)24-22-20-18-16-14-12-10-8-6-4-2)43(47)49-44(39)37-29-26-34(45)31-40(37)48-41-32-35(46)27-30-38(41)44/h25-32,45-46H,3-24H2,1-2H3. The summed E-state index contributed by atoms with van der Waals surface area (Å²) in [7, 11) is 0. The Morgan fingerprint density at radius 1 is 0.531 bits per heavy atom. The molecule has 2 N–H and O–H groups in total. The molecular weight excluding hydrogens is 608 g/mol. The molecule has 3 aromatic rings. The lowest BCUT2D eigenvalue weighted by Gasteiger charge is -2.36. The zero-order valence-electron chi connectivity index (χ0n) is 30.3. The van der Waals surface area contributed by atoms with Crippen LogP contribution in [0.25, 0.3) is 0 Å². The topological polar surface area (TPSA) is 76.0 Å². The average Bonchev–Trinajstić information content (AvgIpc) is 3.38. The van der Waals surface area contributed by atoms with Crippen LogP contribution in [0.15, 0.2) is 48.5 Å². The van der Waals surface area contributed by atoms with Crippen molar-refractivity contribution in [2.75, 3.05) is 0 Å². The highest BCUT2D eigenvalue weighted by Gasteiger charge is 2.54. The highest BCUT2D eigenvalue weighted by atomic mass is 16.6. The molecule has 5 rings (SSSR count). The van der Waals surface area contributed by atoms with Gasteiger partial charge >= 0.3 is 5.97 Å². The van der Waals surface area contributed by atoms with Gasteiger partial charge in [0.25, 0.3) is 0 Å². The highest BCUT2D eigenvalue weighted by molar-refractivity contribution is 5.99. The second-order valence-electron chi connectivity index (χ2n) is 14.5. The van der Waals surface area contributed by atoms with Crippen LogP contribution in [-0.4, -0.2) is 16.2 Å². The van der Waals surface area contributed by atoms with E-state index in [4.69, 9.17) is 9.47 Å². The minimum absolute atomic E-state index is 0.0653. The minimum atomic E-state index is -1.21. The summed E-state index contributed by atoms with van der Waals surface area (Å²) in [5.74, 6) is 0.668. The zero-order chi connectivity index (χ0) is 34.5. The number of phenols is 2. The summed E-state index contributed by atoms with van der Waals surface area (Å²) in [6.07, 6.45) is 27.6. The first kappa shape index (κ1) is 36.8. The van der Waals surface area contributed by atoms with E-state index in [0.717, 1.165) is 43.2 Å². The number of rotatable bonds is 22. The van der Waals surface area contributed by atoms with Crippen LogP contribution < -0.4 is 4.74 Å². The van der Waals surface area contributed by atoms with Gasteiger partial charge in [-0.25, -0.2) is 4.79 Å². The zero-order valence-corrected chi connectivity index (χ0v) is 30.3. The van der Waals surface area contributed by atoms with Crippen LogP contribution in [0.5, 0.6) is 23.0 Å². The lowest BCUT2D eigenvalue weighted by atomic mass is 9.76. The molecule has 2 aliphatic heterocycles. The minimum Gasteiger partial charge on any atom is -0.508 e. The third kappa shape index (κ3) is 9.01. The Morgan fingerprint density at radius 3 is 1.45 bits per heavy atom. The summed E-state index contributed by atoms with van der Waals surface area (Å²) in [5, 5.41) is 20.7. The fraction of sp³-hybridized carbons (Fsp3) is 0.568. The quantitative estimate of drug-likeness (QED) is 0.0823. The second-order valence-corrected chi connectivity index (χ2v) is 14.5. The van der Waals surface area contributed by atoms with Crippen molar-refractivity contribution in [2.45, 2.75) is 161 Å². The summed E-state index contributed by atoms with van der Waals surface area (Å²) in [5.41, 5.74) is 4.09. The molecule has 0 bridgehead atoms. The van der Waals surface area contributed by atoms with E-state index in [9.17, 15) is 15.0 Å². The molecule has 5 nitrogen and oxygen atoms in total. The van der Waals surface area contributed by atoms with Gasteiger partial charge < -0.3 is 19.7 Å². The Kier molecular flexibility index (Phi) is 13.9. The molecule has 2 heterocycles. The number of ether oxygens (including phenoxy) is 2. The molecule has 49 heavy (non-hydrogen) atoms. The molecule has 0 radical (unpaired) electrons. The van der Waals surface area contributed by atoms with Crippen LogP contribution in [0, 0.1) is 0 Å². The van der Waals surface area contributed by atoms with E-state index >= 15 is 0 Å². The lowest BCUT2D eigenvalue weighted by molar-refractivity contribution is 0.0223. The predicted octanol–water partition coefficient (Wildman–Crippen LogP) is 12.6. The highest BCUT2D eigenvalue weighted by Crippen LogP contribution is 2.57. The van der Waals surface area contributed by atoms with Crippen molar-refractivity contribution in [3.05, 3.63) is 81.9 Å². The molecule has 0 saturated heterocycles. The van der Waals surface area contributed by atoms with Gasteiger partial charge in [-0.2, -0.15) is 0 Å². The molecule has 0 unspecified atom stereocenters. The number of esters is 1. The fourth-order valence-electron chi connectivity index (χ4n) is 8.01. The largest absolute Gasteiger partial charge is 0.508 e. The Labute approximate surface area is 295 Å². The lowest BCUT2D eigenvalue weighted by Crippen LogP contribution is -2.32. The van der Waals surface area contributed by atoms with Crippen molar-refractivity contribution < 1.29 is 24.5 Å². The molecule has 3 aromatic carbocycles. The maximum Gasteiger partial charge on any atom is 0.340 e. The Bertz CT molecular complexity index is 1460. The van der Waals surface area contributed by atoms with Crippen LogP contribution in [0.2, 0.25) is 0 Å². The van der Waals surface area contributed by atoms with Gasteiger partial charge in [0.1, 0.15) is 23.0 Å². The van der Waals surface area contributed by atoms with Crippen LogP contribution >= 0.6 is 0 Å². The van der Waals surface area contributed by atoms with E-state index in [0.29, 0.717) is 28.2 Å². The Hall–Kier alpha value is -3.47. The molecule has 1 spiro atoms. The van der Waals surface area contributed by atoms with Crippen LogP contribution in [0.3, 0.4) is 0 Å². The number of fused-ring (bicyclic) bond motifs is 6. The number of phenolic OH excluding ortho intramolecular Hbond substituents is 2. The molecule has 266 valence electrons. The van der Waals surface area contributed by atoms with Crippen LogP contribution in [-0.2, 0) is 23.2 Å². The van der Waals surface area contributed by atoms with Gasteiger partial charge in [0, 0.05) is 28.8 Å². The van der Waals surface area contributed by atoms with Crippen LogP contribution in [0.4, 0.5) is 0 Å². The van der Waals surface area contributed by atoms with E-state index in [2.05, 4.69) is 26.0 Å². The smallest absolute Gasteiger partial charge is 0.340 e. The molecular formula is C44H60O5. The summed E-state index contributed by atoms with van der Waals surface area (Å²) in [6, 6.07) is 14.3. The number of unbranched alkanes of at least 4 members (excludes halogenated alkanes) is 18. The summed E-state index contributed by atoms with van der Waals surface area (Å²) in [6.45, 7) is 4.54. The van der Waals surface area contributed by atoms with Gasteiger partial charge in [-0.15, -0.1) is 0 Å².